The van der Waals surface area contributed by atoms with E-state index in [-0.39, 0.29) is 12.5 Å². The first-order valence-electron chi connectivity index (χ1n) is 12.7. The lowest BCUT2D eigenvalue weighted by molar-refractivity contribution is -0.170. The van der Waals surface area contributed by atoms with E-state index < -0.39 is 15.6 Å². The van der Waals surface area contributed by atoms with E-state index in [1.807, 2.05) is 43.0 Å². The van der Waals surface area contributed by atoms with Crippen LogP contribution in [-0.4, -0.2) is 66.4 Å². The maximum atomic E-state index is 13.7. The molecule has 7 nitrogen and oxygen atoms in total. The van der Waals surface area contributed by atoms with Gasteiger partial charge in [-0.1, -0.05) is 24.3 Å². The highest BCUT2D eigenvalue weighted by Gasteiger charge is 2.47. The highest BCUT2D eigenvalue weighted by atomic mass is 32.2. The third-order valence-electron chi connectivity index (χ3n) is 8.17. The van der Waals surface area contributed by atoms with Gasteiger partial charge in [0.2, 0.25) is 15.9 Å². The summed E-state index contributed by atoms with van der Waals surface area (Å²) in [6.07, 6.45) is 5.10. The van der Waals surface area contributed by atoms with Crippen molar-refractivity contribution >= 4 is 26.8 Å². The maximum absolute atomic E-state index is 13.7. The standard InChI is InChI=1S/C28H31N3O4S/c1-19-20(2)26(10-9-24(19)22-6-5-21-4-3-13-29-25(21)16-22)36(33,34)30-14-11-28(12-15-30)18-31(23-7-8-23)27(32)17-35-28/h3-6,9-10,13,16,23H,7-8,11-12,14-15,17-18H2,1-2H3. The lowest BCUT2D eigenvalue weighted by Crippen LogP contribution is -2.59. The minimum Gasteiger partial charge on any atom is -0.363 e. The molecule has 0 bridgehead atoms. The number of piperidine rings is 1. The average Bonchev–Trinajstić information content (AvgIpc) is 3.73. The van der Waals surface area contributed by atoms with E-state index in [4.69, 9.17) is 4.74 Å². The van der Waals surface area contributed by atoms with Crippen LogP contribution >= 0.6 is 0 Å². The van der Waals surface area contributed by atoms with Gasteiger partial charge in [0.25, 0.3) is 0 Å². The quantitative estimate of drug-likeness (QED) is 0.534. The minimum absolute atomic E-state index is 0.0616. The van der Waals surface area contributed by atoms with Crippen LogP contribution in [0.4, 0.5) is 0 Å². The van der Waals surface area contributed by atoms with Crippen LogP contribution in [0.2, 0.25) is 0 Å². The van der Waals surface area contributed by atoms with Crippen molar-refractivity contribution < 1.29 is 17.9 Å². The molecule has 2 aromatic carbocycles. The van der Waals surface area contributed by atoms with E-state index in [2.05, 4.69) is 17.1 Å². The van der Waals surface area contributed by atoms with Gasteiger partial charge in [-0.05, 0) is 80.0 Å². The predicted octanol–water partition coefficient (Wildman–Crippen LogP) is 4.06. The van der Waals surface area contributed by atoms with Crippen LogP contribution < -0.4 is 0 Å². The van der Waals surface area contributed by atoms with E-state index in [1.165, 1.54) is 0 Å². The molecule has 36 heavy (non-hydrogen) atoms. The molecule has 6 rings (SSSR count). The summed E-state index contributed by atoms with van der Waals surface area (Å²) in [4.78, 5) is 19.0. The molecule has 8 heteroatoms. The maximum Gasteiger partial charge on any atom is 0.248 e. The molecular formula is C28H31N3O4S. The number of aromatic nitrogens is 1. The summed E-state index contributed by atoms with van der Waals surface area (Å²) >= 11 is 0. The number of hydrogen-bond donors (Lipinski definition) is 0. The van der Waals surface area contributed by atoms with Gasteiger partial charge < -0.3 is 9.64 Å². The molecule has 3 aliphatic rings. The van der Waals surface area contributed by atoms with Crippen molar-refractivity contribution in [3.05, 3.63) is 59.8 Å². The number of morpholine rings is 1. The fourth-order valence-corrected chi connectivity index (χ4v) is 7.38. The first-order valence-corrected chi connectivity index (χ1v) is 14.1. The Labute approximate surface area is 212 Å². The Kier molecular flexibility index (Phi) is 5.66. The normalized spacial score (nSPS) is 20.8. The van der Waals surface area contributed by atoms with Gasteiger partial charge in [0.15, 0.2) is 0 Å². The number of benzene rings is 2. The van der Waals surface area contributed by atoms with E-state index in [9.17, 15) is 13.2 Å². The van der Waals surface area contributed by atoms with Crippen LogP contribution in [0.3, 0.4) is 0 Å². The summed E-state index contributed by atoms with van der Waals surface area (Å²) in [5, 5.41) is 1.07. The molecule has 3 aromatic rings. The van der Waals surface area contributed by atoms with Crippen molar-refractivity contribution in [3.8, 4) is 11.1 Å². The molecule has 1 saturated carbocycles. The molecule has 0 unspecified atom stereocenters. The van der Waals surface area contributed by atoms with E-state index in [0.29, 0.717) is 43.4 Å². The fraction of sp³-hybridized carbons (Fsp3) is 0.429. The summed E-state index contributed by atoms with van der Waals surface area (Å²) in [6, 6.07) is 14.1. The SMILES string of the molecule is Cc1c(-c2ccc3cccnc3c2)ccc(S(=O)(=O)N2CCC3(CC2)CN(C2CC2)C(=O)CO3)c1C. The number of ether oxygens (including phenoxy) is 1. The average molecular weight is 506 g/mol. The van der Waals surface area contributed by atoms with Gasteiger partial charge in [0.1, 0.15) is 6.61 Å². The van der Waals surface area contributed by atoms with Gasteiger partial charge >= 0.3 is 0 Å². The monoisotopic (exact) mass is 505 g/mol. The topological polar surface area (TPSA) is 79.8 Å². The van der Waals surface area contributed by atoms with Gasteiger partial charge in [0, 0.05) is 30.7 Å². The molecule has 3 fully saturated rings. The Bertz CT molecular complexity index is 1460. The van der Waals surface area contributed by atoms with E-state index >= 15 is 0 Å². The van der Waals surface area contributed by atoms with Crippen molar-refractivity contribution in [2.75, 3.05) is 26.2 Å². The highest BCUT2D eigenvalue weighted by Crippen LogP contribution is 2.38. The van der Waals surface area contributed by atoms with Crippen LogP contribution in [0, 0.1) is 13.8 Å². The van der Waals surface area contributed by atoms with Crippen molar-refractivity contribution in [3.63, 3.8) is 0 Å². The molecule has 0 N–H and O–H groups in total. The second kappa shape index (κ2) is 8.64. The number of sulfonamides is 1. The third-order valence-corrected chi connectivity index (χ3v) is 10.2. The Hall–Kier alpha value is -2.81. The Morgan fingerprint density at radius 3 is 2.56 bits per heavy atom. The third kappa shape index (κ3) is 4.01. The van der Waals surface area contributed by atoms with Gasteiger partial charge in [-0.3, -0.25) is 9.78 Å². The van der Waals surface area contributed by atoms with E-state index in [0.717, 1.165) is 46.0 Å². The number of hydrogen-bond acceptors (Lipinski definition) is 5. The van der Waals surface area contributed by atoms with Crippen LogP contribution in [0.15, 0.2) is 53.6 Å². The number of carbonyl (C=O) groups is 1. The van der Waals surface area contributed by atoms with Crippen molar-refractivity contribution in [1.82, 2.24) is 14.2 Å². The lowest BCUT2D eigenvalue weighted by atomic mass is 9.90. The largest absolute Gasteiger partial charge is 0.363 e. The van der Waals surface area contributed by atoms with E-state index in [1.54, 1.807) is 16.6 Å². The zero-order chi connectivity index (χ0) is 25.1. The molecule has 0 radical (unpaired) electrons. The lowest BCUT2D eigenvalue weighted by Gasteiger charge is -2.46. The van der Waals surface area contributed by atoms with Crippen molar-refractivity contribution in [2.45, 2.75) is 56.1 Å². The zero-order valence-electron chi connectivity index (χ0n) is 20.7. The smallest absolute Gasteiger partial charge is 0.248 e. The van der Waals surface area contributed by atoms with Gasteiger partial charge in [-0.15, -0.1) is 0 Å². The minimum atomic E-state index is -3.65. The molecule has 2 aliphatic heterocycles. The Balaban J connectivity index is 1.23. The summed E-state index contributed by atoms with van der Waals surface area (Å²) in [7, 11) is -3.65. The number of pyridine rings is 1. The molecule has 0 atom stereocenters. The first kappa shape index (κ1) is 23.6. The van der Waals surface area contributed by atoms with Gasteiger partial charge in [0.05, 0.1) is 22.6 Å². The summed E-state index contributed by atoms with van der Waals surface area (Å²) < 4.78 is 35.0. The van der Waals surface area contributed by atoms with Crippen LogP contribution in [-0.2, 0) is 19.6 Å². The summed E-state index contributed by atoms with van der Waals surface area (Å²) in [5.74, 6) is 0.0616. The number of amides is 1. The number of carbonyl (C=O) groups excluding carboxylic acids is 1. The summed E-state index contributed by atoms with van der Waals surface area (Å²) in [5.41, 5.74) is 4.24. The molecule has 1 amide bonds. The summed E-state index contributed by atoms with van der Waals surface area (Å²) in [6.45, 7) is 5.35. The highest BCUT2D eigenvalue weighted by molar-refractivity contribution is 7.89. The van der Waals surface area contributed by atoms with Crippen molar-refractivity contribution in [2.24, 2.45) is 0 Å². The molecule has 2 saturated heterocycles. The van der Waals surface area contributed by atoms with Crippen molar-refractivity contribution in [1.29, 1.82) is 0 Å². The van der Waals surface area contributed by atoms with Crippen LogP contribution in [0.25, 0.3) is 22.0 Å². The molecule has 3 heterocycles. The fourth-order valence-electron chi connectivity index (χ4n) is 5.66. The molecule has 1 aromatic heterocycles. The van der Waals surface area contributed by atoms with Gasteiger partial charge in [-0.25, -0.2) is 8.42 Å². The number of rotatable bonds is 4. The zero-order valence-corrected chi connectivity index (χ0v) is 21.6. The molecular weight excluding hydrogens is 474 g/mol. The number of fused-ring (bicyclic) bond motifs is 1. The molecule has 1 aliphatic carbocycles. The molecule has 1 spiro atoms. The Morgan fingerprint density at radius 1 is 1.03 bits per heavy atom. The molecule has 188 valence electrons. The second-order valence-corrected chi connectivity index (χ2v) is 12.3. The van der Waals surface area contributed by atoms with Gasteiger partial charge in [-0.2, -0.15) is 4.31 Å². The number of nitrogens with zero attached hydrogens (tertiary/aromatic N) is 3. The predicted molar refractivity (Wildman–Crippen MR) is 138 cm³/mol. The van der Waals surface area contributed by atoms with Crippen LogP contribution in [0.5, 0.6) is 0 Å². The Morgan fingerprint density at radius 2 is 1.81 bits per heavy atom. The first-order chi connectivity index (χ1) is 17.3. The van der Waals surface area contributed by atoms with Crippen LogP contribution in [0.1, 0.15) is 36.8 Å². The second-order valence-electron chi connectivity index (χ2n) is 10.4.